The molecule has 3 heterocycles. The van der Waals surface area contributed by atoms with Crippen LogP contribution in [0.4, 0.5) is 5.82 Å². The van der Waals surface area contributed by atoms with E-state index in [0.717, 1.165) is 27.8 Å². The second kappa shape index (κ2) is 7.98. The summed E-state index contributed by atoms with van der Waals surface area (Å²) in [6.07, 6.45) is 4.49. The highest BCUT2D eigenvalue weighted by Crippen LogP contribution is 2.39. The summed E-state index contributed by atoms with van der Waals surface area (Å²) >= 11 is 8.18. The smallest absolute Gasteiger partial charge is 0.191 e. The minimum absolute atomic E-state index is 0.560. The zero-order valence-corrected chi connectivity index (χ0v) is 16.8. The summed E-state index contributed by atoms with van der Waals surface area (Å²) in [4.78, 5) is 17.4. The molecule has 0 atom stereocenters. The maximum atomic E-state index is 6.65. The van der Waals surface area contributed by atoms with E-state index in [1.807, 2.05) is 12.1 Å². The number of thioether (sulfide) groups is 1. The molecule has 0 saturated carbocycles. The molecule has 0 unspecified atom stereocenters. The Bertz CT molecular complexity index is 1170. The standard InChI is InChI=1S/C20H16ClN5O2S/c21-15-6-13-8-27-7-12-2-1-3-14(17(12)13)18(15)19-23-10-24-20(26-19)29-5-4-22-16-9-28-11-25-16/h1-3,6,9-11,22H,4-5,7-8H2. The van der Waals surface area contributed by atoms with Crippen molar-refractivity contribution in [3.05, 3.63) is 59.4 Å². The summed E-state index contributed by atoms with van der Waals surface area (Å²) < 4.78 is 10.6. The van der Waals surface area contributed by atoms with Crippen molar-refractivity contribution < 1.29 is 9.15 Å². The van der Waals surface area contributed by atoms with Crippen LogP contribution in [0, 0.1) is 0 Å². The Morgan fingerprint density at radius 3 is 2.97 bits per heavy atom. The van der Waals surface area contributed by atoms with Crippen LogP contribution in [0.15, 0.2) is 52.8 Å². The lowest BCUT2D eigenvalue weighted by molar-refractivity contribution is 0.103. The number of benzene rings is 2. The van der Waals surface area contributed by atoms with Gasteiger partial charge in [-0.2, -0.15) is 4.98 Å². The second-order valence-electron chi connectivity index (χ2n) is 6.47. The molecule has 0 bridgehead atoms. The van der Waals surface area contributed by atoms with Crippen molar-refractivity contribution in [3.63, 3.8) is 0 Å². The molecule has 0 fully saturated rings. The minimum atomic E-state index is 0.560. The summed E-state index contributed by atoms with van der Waals surface area (Å²) in [6.45, 7) is 1.87. The average Bonchev–Trinajstić information content (AvgIpc) is 3.25. The summed E-state index contributed by atoms with van der Waals surface area (Å²) in [5, 5.41) is 6.66. The van der Waals surface area contributed by atoms with Crippen molar-refractivity contribution >= 4 is 40.0 Å². The molecular weight excluding hydrogens is 410 g/mol. The quantitative estimate of drug-likeness (QED) is 0.355. The van der Waals surface area contributed by atoms with Gasteiger partial charge in [0.15, 0.2) is 23.2 Å². The van der Waals surface area contributed by atoms with Gasteiger partial charge in [0.05, 0.1) is 18.2 Å². The number of halogens is 1. The molecule has 4 aromatic rings. The summed E-state index contributed by atoms with van der Waals surface area (Å²) in [6, 6.07) is 8.12. The van der Waals surface area contributed by atoms with E-state index in [-0.39, 0.29) is 0 Å². The Kier molecular flexibility index (Phi) is 5.05. The normalized spacial score (nSPS) is 13.0. The van der Waals surface area contributed by atoms with Gasteiger partial charge in [-0.3, -0.25) is 0 Å². The predicted octanol–water partition coefficient (Wildman–Crippen LogP) is 4.57. The monoisotopic (exact) mass is 425 g/mol. The van der Waals surface area contributed by atoms with Crippen LogP contribution in [0.1, 0.15) is 11.1 Å². The lowest BCUT2D eigenvalue weighted by Gasteiger charge is -2.20. The summed E-state index contributed by atoms with van der Waals surface area (Å²) in [5.74, 6) is 2.05. The van der Waals surface area contributed by atoms with E-state index in [1.165, 1.54) is 29.9 Å². The van der Waals surface area contributed by atoms with E-state index >= 15 is 0 Å². The molecule has 9 heteroatoms. The SMILES string of the molecule is Clc1cc2c3c(cccc3c1-c1ncnc(SCCNc3cocn3)n1)COC2. The van der Waals surface area contributed by atoms with Crippen LogP contribution in [-0.4, -0.2) is 32.2 Å². The number of oxazole rings is 1. The second-order valence-corrected chi connectivity index (χ2v) is 7.93. The van der Waals surface area contributed by atoms with Gasteiger partial charge in [0, 0.05) is 17.9 Å². The maximum absolute atomic E-state index is 6.65. The Hall–Kier alpha value is -2.68. The fraction of sp³-hybridized carbons (Fsp3) is 0.200. The first-order valence-corrected chi connectivity index (χ1v) is 10.4. The van der Waals surface area contributed by atoms with Gasteiger partial charge in [-0.05, 0) is 28.0 Å². The molecule has 2 aromatic carbocycles. The molecule has 1 aliphatic heterocycles. The van der Waals surface area contributed by atoms with Crippen LogP contribution in [0.2, 0.25) is 5.02 Å². The number of aromatic nitrogens is 4. The van der Waals surface area contributed by atoms with E-state index < -0.39 is 0 Å². The van der Waals surface area contributed by atoms with Crippen LogP contribution in [0.25, 0.3) is 22.2 Å². The first kappa shape index (κ1) is 18.4. The molecule has 1 N–H and O–H groups in total. The van der Waals surface area contributed by atoms with Crippen molar-refractivity contribution in [1.29, 1.82) is 0 Å². The number of anilines is 1. The molecule has 0 aliphatic carbocycles. The van der Waals surface area contributed by atoms with Crippen molar-refractivity contribution in [1.82, 2.24) is 19.9 Å². The number of nitrogens with zero attached hydrogens (tertiary/aromatic N) is 4. The van der Waals surface area contributed by atoms with Gasteiger partial charge in [-0.15, -0.1) is 0 Å². The van der Waals surface area contributed by atoms with Gasteiger partial charge in [0.2, 0.25) is 0 Å². The van der Waals surface area contributed by atoms with E-state index in [9.17, 15) is 0 Å². The minimum Gasteiger partial charge on any atom is -0.449 e. The topological polar surface area (TPSA) is 86.0 Å². The van der Waals surface area contributed by atoms with Gasteiger partial charge in [0.1, 0.15) is 12.6 Å². The number of hydrogen-bond donors (Lipinski definition) is 1. The highest BCUT2D eigenvalue weighted by Gasteiger charge is 2.20. The van der Waals surface area contributed by atoms with Crippen LogP contribution in [0.3, 0.4) is 0 Å². The Labute approximate surface area is 175 Å². The van der Waals surface area contributed by atoms with Gasteiger partial charge in [0.25, 0.3) is 0 Å². The molecule has 0 spiro atoms. The number of hydrogen-bond acceptors (Lipinski definition) is 8. The van der Waals surface area contributed by atoms with Gasteiger partial charge >= 0.3 is 0 Å². The van der Waals surface area contributed by atoms with E-state index in [1.54, 1.807) is 6.26 Å². The zero-order valence-electron chi connectivity index (χ0n) is 15.3. The fourth-order valence-corrected chi connectivity index (χ4v) is 4.42. The first-order valence-electron chi connectivity index (χ1n) is 9.04. The molecule has 5 rings (SSSR count). The highest BCUT2D eigenvalue weighted by molar-refractivity contribution is 7.99. The third-order valence-electron chi connectivity index (χ3n) is 4.64. The molecular formula is C20H16ClN5O2S. The molecule has 0 radical (unpaired) electrons. The highest BCUT2D eigenvalue weighted by atomic mass is 35.5. The largest absolute Gasteiger partial charge is 0.449 e. The van der Waals surface area contributed by atoms with E-state index in [4.69, 9.17) is 20.8 Å². The predicted molar refractivity (Wildman–Crippen MR) is 112 cm³/mol. The number of rotatable bonds is 6. The van der Waals surface area contributed by atoms with Crippen molar-refractivity contribution in [2.45, 2.75) is 18.4 Å². The molecule has 2 aromatic heterocycles. The van der Waals surface area contributed by atoms with Crippen LogP contribution in [-0.2, 0) is 18.0 Å². The maximum Gasteiger partial charge on any atom is 0.191 e. The van der Waals surface area contributed by atoms with Crippen molar-refractivity contribution in [2.75, 3.05) is 17.6 Å². The Morgan fingerprint density at radius 2 is 2.07 bits per heavy atom. The lowest BCUT2D eigenvalue weighted by Crippen LogP contribution is -2.06. The first-order chi connectivity index (χ1) is 14.3. The molecule has 146 valence electrons. The Morgan fingerprint density at radius 1 is 1.14 bits per heavy atom. The Balaban J connectivity index is 1.43. The van der Waals surface area contributed by atoms with Crippen LogP contribution in [0.5, 0.6) is 0 Å². The number of ether oxygens (including phenoxy) is 1. The van der Waals surface area contributed by atoms with E-state index in [0.29, 0.717) is 41.6 Å². The average molecular weight is 426 g/mol. The van der Waals surface area contributed by atoms with Crippen LogP contribution >= 0.6 is 23.4 Å². The van der Waals surface area contributed by atoms with Crippen molar-refractivity contribution in [3.8, 4) is 11.4 Å². The van der Waals surface area contributed by atoms with Crippen molar-refractivity contribution in [2.24, 2.45) is 0 Å². The molecule has 29 heavy (non-hydrogen) atoms. The van der Waals surface area contributed by atoms with Gasteiger partial charge < -0.3 is 14.5 Å². The third-order valence-corrected chi connectivity index (χ3v) is 5.80. The lowest BCUT2D eigenvalue weighted by atomic mass is 9.94. The van der Waals surface area contributed by atoms with Gasteiger partial charge in [-0.25, -0.2) is 15.0 Å². The molecule has 1 aliphatic rings. The molecule has 0 amide bonds. The van der Waals surface area contributed by atoms with E-state index in [2.05, 4.69) is 37.4 Å². The van der Waals surface area contributed by atoms with Gasteiger partial charge in [-0.1, -0.05) is 41.6 Å². The zero-order chi connectivity index (χ0) is 19.6. The molecule has 7 nitrogen and oxygen atoms in total. The summed E-state index contributed by atoms with van der Waals surface area (Å²) in [7, 11) is 0. The number of nitrogens with one attached hydrogen (secondary N) is 1. The van der Waals surface area contributed by atoms with Crippen LogP contribution < -0.4 is 5.32 Å². The third kappa shape index (κ3) is 3.66. The fourth-order valence-electron chi connectivity index (χ4n) is 3.44. The molecule has 0 saturated heterocycles. The summed E-state index contributed by atoms with van der Waals surface area (Å²) in [5.41, 5.74) is 3.08.